The highest BCUT2D eigenvalue weighted by molar-refractivity contribution is 5.95. The number of carboxylic acids is 1. The number of carbonyl (C=O) groups is 2. The van der Waals surface area contributed by atoms with Gasteiger partial charge in [-0.05, 0) is 24.6 Å². The predicted molar refractivity (Wildman–Crippen MR) is 63.0 cm³/mol. The second-order valence-corrected chi connectivity index (χ2v) is 4.77. The molecule has 0 aromatic heterocycles. The predicted octanol–water partition coefficient (Wildman–Crippen LogP) is 2.39. The lowest BCUT2D eigenvalue weighted by Crippen LogP contribution is -2.30. The molecule has 1 unspecified atom stereocenters. The van der Waals surface area contributed by atoms with Gasteiger partial charge >= 0.3 is 12.1 Å². The van der Waals surface area contributed by atoms with Gasteiger partial charge in [-0.2, -0.15) is 13.2 Å². The number of hydrogen-bond donors (Lipinski definition) is 1. The molecule has 114 valence electrons. The van der Waals surface area contributed by atoms with Crippen LogP contribution in [-0.2, 0) is 11.0 Å². The van der Waals surface area contributed by atoms with Crippen molar-refractivity contribution in [3.05, 3.63) is 35.1 Å². The van der Waals surface area contributed by atoms with Crippen LogP contribution in [0.4, 0.5) is 17.6 Å². The third-order valence-electron chi connectivity index (χ3n) is 3.34. The molecule has 0 aliphatic carbocycles. The maximum atomic E-state index is 13.2. The Labute approximate surface area is 117 Å². The molecule has 0 spiro atoms. The Hall–Kier alpha value is -2.12. The van der Waals surface area contributed by atoms with Crippen molar-refractivity contribution >= 4 is 11.9 Å². The Balaban J connectivity index is 2.23. The third-order valence-corrected chi connectivity index (χ3v) is 3.34. The fourth-order valence-corrected chi connectivity index (χ4v) is 2.20. The number of carbonyl (C=O) groups excluding carboxylic acids is 1. The molecule has 1 aliphatic heterocycles. The summed E-state index contributed by atoms with van der Waals surface area (Å²) < 4.78 is 50.9. The summed E-state index contributed by atoms with van der Waals surface area (Å²) >= 11 is 0. The van der Waals surface area contributed by atoms with Gasteiger partial charge in [0, 0.05) is 18.7 Å². The lowest BCUT2D eigenvalue weighted by Gasteiger charge is -2.17. The topological polar surface area (TPSA) is 57.6 Å². The first kappa shape index (κ1) is 15.3. The molecule has 4 nitrogen and oxygen atoms in total. The zero-order valence-corrected chi connectivity index (χ0v) is 10.7. The lowest BCUT2D eigenvalue weighted by atomic mass is 10.1. The van der Waals surface area contributed by atoms with Gasteiger partial charge in [-0.15, -0.1) is 0 Å². The smallest absolute Gasteiger partial charge is 0.419 e. The van der Waals surface area contributed by atoms with Crippen molar-refractivity contribution < 1.29 is 32.3 Å². The average molecular weight is 305 g/mol. The van der Waals surface area contributed by atoms with Crippen molar-refractivity contribution in [2.24, 2.45) is 5.92 Å². The average Bonchev–Trinajstić information content (AvgIpc) is 2.86. The normalized spacial score (nSPS) is 18.9. The minimum atomic E-state index is -4.89. The van der Waals surface area contributed by atoms with Crippen LogP contribution in [0.25, 0.3) is 0 Å². The zero-order chi connectivity index (χ0) is 15.8. The molecule has 21 heavy (non-hydrogen) atoms. The number of carboxylic acid groups (broad SMARTS) is 1. The second-order valence-electron chi connectivity index (χ2n) is 4.77. The molecule has 1 saturated heterocycles. The van der Waals surface area contributed by atoms with E-state index >= 15 is 0 Å². The second kappa shape index (κ2) is 5.34. The minimum absolute atomic E-state index is 0.0626. The Morgan fingerprint density at radius 3 is 2.48 bits per heavy atom. The van der Waals surface area contributed by atoms with Crippen LogP contribution in [0.2, 0.25) is 0 Å². The van der Waals surface area contributed by atoms with Crippen LogP contribution in [0.1, 0.15) is 22.3 Å². The number of amides is 1. The number of nitrogens with zero attached hydrogens (tertiary/aromatic N) is 1. The quantitative estimate of drug-likeness (QED) is 0.854. The first-order valence-electron chi connectivity index (χ1n) is 6.09. The summed E-state index contributed by atoms with van der Waals surface area (Å²) in [6, 6.07) is 1.99. The number of hydrogen-bond acceptors (Lipinski definition) is 2. The first-order chi connectivity index (χ1) is 9.70. The monoisotopic (exact) mass is 305 g/mol. The molecule has 1 amide bonds. The highest BCUT2D eigenvalue weighted by Gasteiger charge is 2.36. The number of likely N-dealkylation sites (tertiary alicyclic amines) is 1. The molecule has 1 aromatic carbocycles. The summed E-state index contributed by atoms with van der Waals surface area (Å²) in [6.07, 6.45) is -4.65. The minimum Gasteiger partial charge on any atom is -0.481 e. The van der Waals surface area contributed by atoms with E-state index in [0.29, 0.717) is 12.1 Å². The van der Waals surface area contributed by atoms with Crippen molar-refractivity contribution in [1.29, 1.82) is 0 Å². The van der Waals surface area contributed by atoms with E-state index < -0.39 is 35.4 Å². The van der Waals surface area contributed by atoms with E-state index in [4.69, 9.17) is 5.11 Å². The van der Waals surface area contributed by atoms with E-state index in [1.165, 1.54) is 0 Å². The SMILES string of the molecule is O=C(O)C1CCN(C(=O)c2ccc(F)c(C(F)(F)F)c2)C1. The molecular formula is C13H11F4NO3. The van der Waals surface area contributed by atoms with Crippen molar-refractivity contribution in [2.75, 3.05) is 13.1 Å². The number of rotatable bonds is 2. The zero-order valence-electron chi connectivity index (χ0n) is 10.7. The summed E-state index contributed by atoms with van der Waals surface area (Å²) in [5, 5.41) is 8.83. The molecule has 0 bridgehead atoms. The summed E-state index contributed by atoms with van der Waals surface area (Å²) in [5.74, 6) is -3.97. The standard InChI is InChI=1S/C13H11F4NO3/c14-10-2-1-7(5-9(10)13(15,16)17)11(19)18-4-3-8(6-18)12(20)21/h1-2,5,8H,3-4,6H2,(H,20,21). The highest BCUT2D eigenvalue weighted by atomic mass is 19.4. The van der Waals surface area contributed by atoms with E-state index in [1.807, 2.05) is 0 Å². The molecule has 0 saturated carbocycles. The molecule has 1 N–H and O–H groups in total. The van der Waals surface area contributed by atoms with Crippen LogP contribution in [0.5, 0.6) is 0 Å². The van der Waals surface area contributed by atoms with Gasteiger partial charge in [0.15, 0.2) is 0 Å². The van der Waals surface area contributed by atoms with Gasteiger partial charge < -0.3 is 10.0 Å². The van der Waals surface area contributed by atoms with E-state index in [9.17, 15) is 27.2 Å². The van der Waals surface area contributed by atoms with Crippen molar-refractivity contribution in [3.8, 4) is 0 Å². The van der Waals surface area contributed by atoms with Gasteiger partial charge in [-0.25, -0.2) is 4.39 Å². The number of halogens is 4. The molecule has 1 heterocycles. The Kier molecular flexibility index (Phi) is 3.89. The summed E-state index contributed by atoms with van der Waals surface area (Å²) in [7, 11) is 0. The van der Waals surface area contributed by atoms with Gasteiger partial charge in [0.25, 0.3) is 5.91 Å². The van der Waals surface area contributed by atoms with Crippen molar-refractivity contribution in [2.45, 2.75) is 12.6 Å². The molecule has 1 atom stereocenters. The van der Waals surface area contributed by atoms with E-state index in [1.54, 1.807) is 0 Å². The molecule has 1 aliphatic rings. The van der Waals surface area contributed by atoms with E-state index in [0.717, 1.165) is 11.0 Å². The number of aliphatic carboxylic acids is 1. The van der Waals surface area contributed by atoms with Gasteiger partial charge in [0.2, 0.25) is 0 Å². The third kappa shape index (κ3) is 3.14. The highest BCUT2D eigenvalue weighted by Crippen LogP contribution is 2.32. The molecule has 2 rings (SSSR count). The van der Waals surface area contributed by atoms with Crippen molar-refractivity contribution in [3.63, 3.8) is 0 Å². The Bertz CT molecular complexity index is 585. The summed E-state index contributed by atoms with van der Waals surface area (Å²) in [5.41, 5.74) is -1.82. The van der Waals surface area contributed by atoms with Crippen LogP contribution in [0.15, 0.2) is 18.2 Å². The van der Waals surface area contributed by atoms with Gasteiger partial charge in [0.1, 0.15) is 5.82 Å². The van der Waals surface area contributed by atoms with Gasteiger partial charge in [-0.3, -0.25) is 9.59 Å². The Morgan fingerprint density at radius 2 is 1.95 bits per heavy atom. The number of alkyl halides is 3. The summed E-state index contributed by atoms with van der Waals surface area (Å²) in [4.78, 5) is 24.0. The van der Waals surface area contributed by atoms with Gasteiger partial charge in [0.05, 0.1) is 11.5 Å². The molecule has 8 heteroatoms. The van der Waals surface area contributed by atoms with Crippen LogP contribution < -0.4 is 0 Å². The maximum Gasteiger partial charge on any atom is 0.419 e. The molecular weight excluding hydrogens is 294 g/mol. The Morgan fingerprint density at radius 1 is 1.29 bits per heavy atom. The fraction of sp³-hybridized carbons (Fsp3) is 0.385. The fourth-order valence-electron chi connectivity index (χ4n) is 2.20. The first-order valence-corrected chi connectivity index (χ1v) is 6.09. The summed E-state index contributed by atoms with van der Waals surface area (Å²) in [6.45, 7) is 0.0847. The number of benzene rings is 1. The lowest BCUT2D eigenvalue weighted by molar-refractivity contribution is -0.141. The van der Waals surface area contributed by atoms with Crippen LogP contribution in [0, 0.1) is 11.7 Å². The molecule has 0 radical (unpaired) electrons. The van der Waals surface area contributed by atoms with E-state index in [-0.39, 0.29) is 25.1 Å². The van der Waals surface area contributed by atoms with Crippen molar-refractivity contribution in [1.82, 2.24) is 4.90 Å². The maximum absolute atomic E-state index is 13.2. The van der Waals surface area contributed by atoms with Crippen LogP contribution >= 0.6 is 0 Å². The van der Waals surface area contributed by atoms with Gasteiger partial charge in [-0.1, -0.05) is 0 Å². The van der Waals surface area contributed by atoms with Crippen LogP contribution in [0.3, 0.4) is 0 Å². The van der Waals surface area contributed by atoms with Crippen LogP contribution in [-0.4, -0.2) is 35.0 Å². The largest absolute Gasteiger partial charge is 0.481 e. The van der Waals surface area contributed by atoms with E-state index in [2.05, 4.69) is 0 Å². The molecule has 1 fully saturated rings. The molecule has 1 aromatic rings.